The molecule has 3 N–H and O–H groups in total. The first-order valence-electron chi connectivity index (χ1n) is 7.27. The third kappa shape index (κ3) is 2.82. The molecule has 5 nitrogen and oxygen atoms in total. The molecule has 114 valence electrons. The standard InChI is InChI=1S/C15H20N2O3S/c1-15(2)10(7-11(15)18)16-14(20)9-5-6-12(21-9)17-13(19)8-3-4-8/h5-6,8,10-11,18H,3-4,7H2,1-2H3,(H,16,20)(H,17,19). The van der Waals surface area contributed by atoms with Gasteiger partial charge < -0.3 is 15.7 Å². The zero-order valence-corrected chi connectivity index (χ0v) is 13.0. The molecule has 1 aromatic heterocycles. The van der Waals surface area contributed by atoms with Gasteiger partial charge in [-0.05, 0) is 31.4 Å². The molecule has 21 heavy (non-hydrogen) atoms. The largest absolute Gasteiger partial charge is 0.392 e. The molecule has 0 bridgehead atoms. The molecule has 2 aliphatic carbocycles. The van der Waals surface area contributed by atoms with E-state index in [1.54, 1.807) is 12.1 Å². The maximum absolute atomic E-state index is 12.2. The number of hydrogen-bond donors (Lipinski definition) is 3. The fraction of sp³-hybridized carbons (Fsp3) is 0.600. The molecular weight excluding hydrogens is 288 g/mol. The molecule has 2 saturated carbocycles. The van der Waals surface area contributed by atoms with Gasteiger partial charge in [0.2, 0.25) is 5.91 Å². The third-order valence-corrected chi connectivity index (χ3v) is 5.55. The van der Waals surface area contributed by atoms with Gasteiger partial charge in [0.05, 0.1) is 16.0 Å². The number of nitrogens with one attached hydrogen (secondary N) is 2. The number of anilines is 1. The quantitative estimate of drug-likeness (QED) is 0.796. The van der Waals surface area contributed by atoms with Gasteiger partial charge in [-0.15, -0.1) is 11.3 Å². The molecule has 0 radical (unpaired) electrons. The number of amides is 2. The SMILES string of the molecule is CC1(C)C(O)CC1NC(=O)c1ccc(NC(=O)C2CC2)s1. The van der Waals surface area contributed by atoms with E-state index in [0.29, 0.717) is 16.3 Å². The van der Waals surface area contributed by atoms with E-state index in [1.807, 2.05) is 13.8 Å². The summed E-state index contributed by atoms with van der Waals surface area (Å²) in [7, 11) is 0. The summed E-state index contributed by atoms with van der Waals surface area (Å²) >= 11 is 1.29. The van der Waals surface area contributed by atoms with Crippen LogP contribution in [0.15, 0.2) is 12.1 Å². The Bertz CT molecular complexity index is 577. The van der Waals surface area contributed by atoms with E-state index in [0.717, 1.165) is 12.8 Å². The minimum absolute atomic E-state index is 0.00777. The molecule has 2 unspecified atom stereocenters. The number of carbonyl (C=O) groups is 2. The van der Waals surface area contributed by atoms with Crippen molar-refractivity contribution in [3.8, 4) is 0 Å². The van der Waals surface area contributed by atoms with Crippen molar-refractivity contribution in [3.05, 3.63) is 17.0 Å². The maximum Gasteiger partial charge on any atom is 0.261 e. The maximum atomic E-state index is 12.2. The van der Waals surface area contributed by atoms with Crippen molar-refractivity contribution in [1.29, 1.82) is 0 Å². The van der Waals surface area contributed by atoms with E-state index in [4.69, 9.17) is 0 Å². The van der Waals surface area contributed by atoms with Gasteiger partial charge in [-0.25, -0.2) is 0 Å². The second kappa shape index (κ2) is 5.10. The molecule has 6 heteroatoms. The highest BCUT2D eigenvalue weighted by molar-refractivity contribution is 7.18. The Balaban J connectivity index is 1.58. The monoisotopic (exact) mass is 308 g/mol. The zero-order valence-electron chi connectivity index (χ0n) is 12.2. The third-order valence-electron chi connectivity index (χ3n) is 4.55. The molecule has 3 rings (SSSR count). The average Bonchev–Trinajstić information content (AvgIpc) is 3.19. The molecule has 0 saturated heterocycles. The van der Waals surface area contributed by atoms with Crippen LogP contribution < -0.4 is 10.6 Å². The van der Waals surface area contributed by atoms with E-state index in [9.17, 15) is 14.7 Å². The molecule has 2 aliphatic rings. The number of thiophene rings is 1. The van der Waals surface area contributed by atoms with Crippen molar-refractivity contribution in [2.45, 2.75) is 45.3 Å². The Kier molecular flexibility index (Phi) is 3.53. The van der Waals surface area contributed by atoms with Crippen LogP contribution in [-0.4, -0.2) is 29.1 Å². The molecule has 0 aliphatic heterocycles. The number of rotatable bonds is 4. The minimum atomic E-state index is -0.362. The summed E-state index contributed by atoms with van der Waals surface area (Å²) < 4.78 is 0. The van der Waals surface area contributed by atoms with Crippen LogP contribution in [0.2, 0.25) is 0 Å². The van der Waals surface area contributed by atoms with Gasteiger partial charge >= 0.3 is 0 Å². The van der Waals surface area contributed by atoms with Crippen LogP contribution in [0.1, 0.15) is 42.8 Å². The number of aliphatic hydroxyl groups is 1. The van der Waals surface area contributed by atoms with Gasteiger partial charge in [0.1, 0.15) is 0 Å². The van der Waals surface area contributed by atoms with Crippen molar-refractivity contribution < 1.29 is 14.7 Å². The highest BCUT2D eigenvalue weighted by atomic mass is 32.1. The van der Waals surface area contributed by atoms with E-state index in [-0.39, 0.29) is 35.3 Å². The molecule has 2 amide bonds. The zero-order chi connectivity index (χ0) is 15.2. The fourth-order valence-corrected chi connectivity index (χ4v) is 3.29. The predicted molar refractivity (Wildman–Crippen MR) is 81.3 cm³/mol. The Labute approximate surface area is 127 Å². The first kappa shape index (κ1) is 14.5. The Morgan fingerprint density at radius 1 is 1.33 bits per heavy atom. The predicted octanol–water partition coefficient (Wildman–Crippen LogP) is 1.99. The Hall–Kier alpha value is -1.40. The summed E-state index contributed by atoms with van der Waals surface area (Å²) in [4.78, 5) is 24.4. The fourth-order valence-electron chi connectivity index (χ4n) is 2.47. The first-order valence-corrected chi connectivity index (χ1v) is 8.09. The highest BCUT2D eigenvalue weighted by Gasteiger charge is 2.48. The van der Waals surface area contributed by atoms with Gasteiger partial charge in [-0.2, -0.15) is 0 Å². The van der Waals surface area contributed by atoms with Crippen molar-refractivity contribution >= 4 is 28.2 Å². The molecule has 2 fully saturated rings. The summed E-state index contributed by atoms with van der Waals surface area (Å²) in [6.45, 7) is 3.89. The highest BCUT2D eigenvalue weighted by Crippen LogP contribution is 2.40. The lowest BCUT2D eigenvalue weighted by Crippen LogP contribution is -2.61. The van der Waals surface area contributed by atoms with E-state index < -0.39 is 0 Å². The molecule has 0 aromatic carbocycles. The normalized spacial score (nSPS) is 26.8. The molecule has 1 heterocycles. The molecule has 1 aromatic rings. The minimum Gasteiger partial charge on any atom is -0.392 e. The van der Waals surface area contributed by atoms with Crippen LogP contribution in [0, 0.1) is 11.3 Å². The second-order valence-electron chi connectivity index (χ2n) is 6.53. The summed E-state index contributed by atoms with van der Waals surface area (Å²) in [6, 6.07) is 3.48. The second-order valence-corrected chi connectivity index (χ2v) is 7.61. The van der Waals surface area contributed by atoms with E-state index in [2.05, 4.69) is 10.6 Å². The topological polar surface area (TPSA) is 78.4 Å². The van der Waals surface area contributed by atoms with Crippen LogP contribution in [-0.2, 0) is 4.79 Å². The van der Waals surface area contributed by atoms with E-state index in [1.165, 1.54) is 11.3 Å². The lowest BCUT2D eigenvalue weighted by atomic mass is 9.64. The van der Waals surface area contributed by atoms with Gasteiger partial charge in [-0.3, -0.25) is 9.59 Å². The van der Waals surface area contributed by atoms with E-state index >= 15 is 0 Å². The summed E-state index contributed by atoms with van der Waals surface area (Å²) in [6.07, 6.45) is 2.15. The number of hydrogen-bond acceptors (Lipinski definition) is 4. The smallest absolute Gasteiger partial charge is 0.261 e. The van der Waals surface area contributed by atoms with Crippen LogP contribution in [0.25, 0.3) is 0 Å². The van der Waals surface area contributed by atoms with Crippen molar-refractivity contribution in [1.82, 2.24) is 5.32 Å². The number of carbonyl (C=O) groups excluding carboxylic acids is 2. The van der Waals surface area contributed by atoms with Crippen molar-refractivity contribution in [2.75, 3.05) is 5.32 Å². The van der Waals surface area contributed by atoms with Gasteiger partial charge in [-0.1, -0.05) is 13.8 Å². The van der Waals surface area contributed by atoms with Crippen LogP contribution in [0.5, 0.6) is 0 Å². The van der Waals surface area contributed by atoms with Crippen LogP contribution >= 0.6 is 11.3 Å². The summed E-state index contributed by atoms with van der Waals surface area (Å²) in [5.41, 5.74) is -0.282. The average molecular weight is 308 g/mol. The molecule has 2 atom stereocenters. The lowest BCUT2D eigenvalue weighted by molar-refractivity contribution is -0.117. The van der Waals surface area contributed by atoms with Crippen molar-refractivity contribution in [2.24, 2.45) is 11.3 Å². The molecular formula is C15H20N2O3S. The van der Waals surface area contributed by atoms with Crippen LogP contribution in [0.4, 0.5) is 5.00 Å². The Morgan fingerprint density at radius 3 is 2.62 bits per heavy atom. The lowest BCUT2D eigenvalue weighted by Gasteiger charge is -2.49. The van der Waals surface area contributed by atoms with Gasteiger partial charge in [0, 0.05) is 17.4 Å². The number of aliphatic hydroxyl groups excluding tert-OH is 1. The van der Waals surface area contributed by atoms with Gasteiger partial charge in [0.15, 0.2) is 0 Å². The molecule has 0 spiro atoms. The summed E-state index contributed by atoms with van der Waals surface area (Å²) in [5, 5.41) is 16.2. The Morgan fingerprint density at radius 2 is 2.05 bits per heavy atom. The van der Waals surface area contributed by atoms with Crippen molar-refractivity contribution in [3.63, 3.8) is 0 Å². The van der Waals surface area contributed by atoms with Crippen LogP contribution in [0.3, 0.4) is 0 Å². The first-order chi connectivity index (χ1) is 9.88. The summed E-state index contributed by atoms with van der Waals surface area (Å²) in [5.74, 6) is 0.0607. The van der Waals surface area contributed by atoms with Gasteiger partial charge in [0.25, 0.3) is 5.91 Å².